The van der Waals surface area contributed by atoms with Gasteiger partial charge in [-0.15, -0.1) is 10.2 Å². The summed E-state index contributed by atoms with van der Waals surface area (Å²) >= 11 is 0. The summed E-state index contributed by atoms with van der Waals surface area (Å²) < 4.78 is 20.5. The smallest absolute Gasteiger partial charge is 0.278 e. The van der Waals surface area contributed by atoms with Crippen LogP contribution in [0, 0.1) is 6.92 Å². The highest BCUT2D eigenvalue weighted by Gasteiger charge is 2.27. The van der Waals surface area contributed by atoms with Crippen LogP contribution in [0.4, 0.5) is 0 Å². The van der Waals surface area contributed by atoms with E-state index in [1.807, 2.05) is 101 Å². The fraction of sp³-hybridized carbons (Fsp3) is 0.256. The van der Waals surface area contributed by atoms with Crippen LogP contribution in [0.15, 0.2) is 103 Å². The number of fused-ring (bicyclic) bond motifs is 2. The highest BCUT2D eigenvalue weighted by atomic mass is 16.5. The standard InChI is InChI=1S/C20H20N4O2.C19H19N5O3/c1-15-6-5-9-18(21-15)20(25)23-10-11-24-17(13-23)12-19(22-24)26-14-16-7-3-2-4-8-16;1-26-18-17(20-7-8-21-18)19(25)23-9-10-24-15(12-23)11-16(22-24)27-13-14-5-3-2-4-6-14/h2-9,12H,10-11,13-14H2,1H3;2-8,11H,9-10,12-13H2,1H3. The molecule has 2 aliphatic rings. The van der Waals surface area contributed by atoms with Crippen molar-refractivity contribution in [2.75, 3.05) is 20.2 Å². The molecule has 53 heavy (non-hydrogen) atoms. The molecule has 0 radical (unpaired) electrons. The maximum absolute atomic E-state index is 12.8. The number of aryl methyl sites for hydroxylation is 1. The number of carbonyl (C=O) groups excluding carboxylic acids is 2. The maximum Gasteiger partial charge on any atom is 0.278 e. The lowest BCUT2D eigenvalue weighted by Crippen LogP contribution is -2.39. The highest BCUT2D eigenvalue weighted by molar-refractivity contribution is 5.94. The van der Waals surface area contributed by atoms with E-state index in [4.69, 9.17) is 14.2 Å². The molecule has 2 amide bonds. The number of benzene rings is 2. The molecule has 4 aromatic heterocycles. The van der Waals surface area contributed by atoms with Gasteiger partial charge in [-0.25, -0.2) is 15.0 Å². The van der Waals surface area contributed by atoms with Crippen molar-refractivity contribution in [3.63, 3.8) is 0 Å². The Morgan fingerprint density at radius 1 is 0.660 bits per heavy atom. The van der Waals surface area contributed by atoms with Crippen molar-refractivity contribution in [1.82, 2.24) is 44.3 Å². The second-order valence-corrected chi connectivity index (χ2v) is 12.5. The zero-order valence-electron chi connectivity index (χ0n) is 29.5. The van der Waals surface area contributed by atoms with Crippen LogP contribution < -0.4 is 14.2 Å². The van der Waals surface area contributed by atoms with E-state index < -0.39 is 0 Å². The zero-order chi connectivity index (χ0) is 36.6. The van der Waals surface area contributed by atoms with Crippen molar-refractivity contribution in [2.45, 2.75) is 46.3 Å². The van der Waals surface area contributed by atoms with Gasteiger partial charge in [-0.3, -0.25) is 19.0 Å². The van der Waals surface area contributed by atoms with E-state index in [-0.39, 0.29) is 23.4 Å². The first-order valence-electron chi connectivity index (χ1n) is 17.3. The Hall–Kier alpha value is -6.57. The maximum atomic E-state index is 12.8. The minimum absolute atomic E-state index is 0.0482. The number of aromatic nitrogens is 7. The van der Waals surface area contributed by atoms with Gasteiger partial charge in [0, 0.05) is 43.3 Å². The number of carbonyl (C=O) groups is 2. The normalized spacial score (nSPS) is 13.2. The molecule has 0 bridgehead atoms. The summed E-state index contributed by atoms with van der Waals surface area (Å²) in [5.41, 5.74) is 5.61. The SMILES string of the molecule is COc1nccnc1C(=O)N1CCn2nc(OCc3ccccc3)cc2C1.Cc1cccc(C(=O)N2CCn3nc(OCc4ccccc4)cc3C2)n1. The molecule has 0 atom stereocenters. The molecule has 2 aliphatic heterocycles. The third-order valence-electron chi connectivity index (χ3n) is 8.75. The summed E-state index contributed by atoms with van der Waals surface area (Å²) in [4.78, 5) is 41.5. The minimum atomic E-state index is -0.209. The summed E-state index contributed by atoms with van der Waals surface area (Å²) in [6.45, 7) is 6.16. The molecule has 0 N–H and O–H groups in total. The van der Waals surface area contributed by atoms with Gasteiger partial charge in [0.2, 0.25) is 17.6 Å². The Kier molecular flexibility index (Phi) is 10.6. The van der Waals surface area contributed by atoms with Crippen LogP contribution in [0.2, 0.25) is 0 Å². The fourth-order valence-corrected chi connectivity index (χ4v) is 6.03. The first kappa shape index (κ1) is 34.9. The Bertz CT molecular complexity index is 2170. The topological polar surface area (TPSA) is 143 Å². The van der Waals surface area contributed by atoms with Crippen molar-refractivity contribution < 1.29 is 23.8 Å². The molecular weight excluding hydrogens is 674 g/mol. The van der Waals surface area contributed by atoms with Gasteiger partial charge in [0.25, 0.3) is 11.8 Å². The van der Waals surface area contributed by atoms with Gasteiger partial charge in [-0.1, -0.05) is 66.7 Å². The van der Waals surface area contributed by atoms with Crippen molar-refractivity contribution >= 4 is 11.8 Å². The number of ether oxygens (including phenoxy) is 3. The van der Waals surface area contributed by atoms with E-state index in [2.05, 4.69) is 25.1 Å². The van der Waals surface area contributed by atoms with E-state index >= 15 is 0 Å². The summed E-state index contributed by atoms with van der Waals surface area (Å²) in [6.07, 6.45) is 2.98. The lowest BCUT2D eigenvalue weighted by Gasteiger charge is -2.27. The molecule has 2 aromatic carbocycles. The monoisotopic (exact) mass is 713 g/mol. The van der Waals surface area contributed by atoms with E-state index in [0.29, 0.717) is 69.9 Å². The molecular formula is C39H39N9O5. The molecule has 0 fully saturated rings. The number of amides is 2. The summed E-state index contributed by atoms with van der Waals surface area (Å²) in [5, 5.41) is 8.96. The van der Waals surface area contributed by atoms with Gasteiger partial charge in [-0.2, -0.15) is 0 Å². The Balaban J connectivity index is 0.000000164. The number of nitrogens with zero attached hydrogens (tertiary/aromatic N) is 9. The second kappa shape index (κ2) is 16.2. The molecule has 0 aliphatic carbocycles. The number of hydrogen-bond acceptors (Lipinski definition) is 10. The fourth-order valence-electron chi connectivity index (χ4n) is 6.03. The number of methoxy groups -OCH3 is 1. The van der Waals surface area contributed by atoms with Crippen LogP contribution in [0.3, 0.4) is 0 Å². The zero-order valence-corrected chi connectivity index (χ0v) is 29.5. The molecule has 0 spiro atoms. The highest BCUT2D eigenvalue weighted by Crippen LogP contribution is 2.23. The number of pyridine rings is 1. The molecule has 6 heterocycles. The number of rotatable bonds is 9. The first-order chi connectivity index (χ1) is 25.9. The third kappa shape index (κ3) is 8.50. The van der Waals surface area contributed by atoms with Gasteiger partial charge in [0.1, 0.15) is 18.9 Å². The lowest BCUT2D eigenvalue weighted by molar-refractivity contribution is 0.0690. The van der Waals surface area contributed by atoms with Crippen LogP contribution in [-0.2, 0) is 39.4 Å². The van der Waals surface area contributed by atoms with Gasteiger partial charge in [0.05, 0.1) is 44.7 Å². The molecule has 270 valence electrons. The van der Waals surface area contributed by atoms with Crippen molar-refractivity contribution in [2.24, 2.45) is 0 Å². The first-order valence-corrected chi connectivity index (χ1v) is 17.3. The van der Waals surface area contributed by atoms with Gasteiger partial charge >= 0.3 is 0 Å². The average Bonchev–Trinajstić information content (AvgIpc) is 3.82. The van der Waals surface area contributed by atoms with Gasteiger partial charge in [0.15, 0.2) is 5.69 Å². The van der Waals surface area contributed by atoms with E-state index in [0.717, 1.165) is 28.2 Å². The van der Waals surface area contributed by atoms with Crippen LogP contribution in [0.5, 0.6) is 17.6 Å². The van der Waals surface area contributed by atoms with Crippen molar-refractivity contribution in [1.29, 1.82) is 0 Å². The van der Waals surface area contributed by atoms with E-state index in [1.165, 1.54) is 19.5 Å². The molecule has 6 aromatic rings. The largest absolute Gasteiger partial charge is 0.479 e. The molecule has 14 heteroatoms. The van der Waals surface area contributed by atoms with Crippen molar-refractivity contribution in [3.8, 4) is 17.6 Å². The van der Waals surface area contributed by atoms with Crippen molar-refractivity contribution in [3.05, 3.63) is 143 Å². The van der Waals surface area contributed by atoms with E-state index in [9.17, 15) is 9.59 Å². The lowest BCUT2D eigenvalue weighted by atomic mass is 10.2. The predicted octanol–water partition coefficient (Wildman–Crippen LogP) is 4.74. The molecule has 0 saturated carbocycles. The molecule has 0 unspecified atom stereocenters. The summed E-state index contributed by atoms with van der Waals surface area (Å²) in [6, 6.07) is 29.2. The van der Waals surface area contributed by atoms with Crippen LogP contribution in [0.25, 0.3) is 0 Å². The van der Waals surface area contributed by atoms with Gasteiger partial charge in [-0.05, 0) is 30.2 Å². The summed E-state index contributed by atoms with van der Waals surface area (Å²) in [5.74, 6) is 1.12. The van der Waals surface area contributed by atoms with Gasteiger partial charge < -0.3 is 24.0 Å². The molecule has 14 nitrogen and oxygen atoms in total. The van der Waals surface area contributed by atoms with Crippen LogP contribution >= 0.6 is 0 Å². The molecule has 0 saturated heterocycles. The summed E-state index contributed by atoms with van der Waals surface area (Å²) in [7, 11) is 1.47. The Morgan fingerprint density at radius 2 is 1.21 bits per heavy atom. The average molecular weight is 714 g/mol. The Morgan fingerprint density at radius 3 is 1.75 bits per heavy atom. The minimum Gasteiger partial charge on any atom is -0.479 e. The predicted molar refractivity (Wildman–Crippen MR) is 193 cm³/mol. The Labute approximate surface area is 306 Å². The second-order valence-electron chi connectivity index (χ2n) is 12.5. The molecule has 8 rings (SSSR count). The van der Waals surface area contributed by atoms with Crippen LogP contribution in [-0.4, -0.2) is 76.3 Å². The third-order valence-corrected chi connectivity index (χ3v) is 8.75. The van der Waals surface area contributed by atoms with Crippen LogP contribution in [0.1, 0.15) is 49.2 Å². The quantitative estimate of drug-likeness (QED) is 0.206. The van der Waals surface area contributed by atoms with E-state index in [1.54, 1.807) is 15.9 Å². The number of hydrogen-bond donors (Lipinski definition) is 0.